The molecule has 0 aromatic rings. The first kappa shape index (κ1) is 12.4. The quantitative estimate of drug-likeness (QED) is 0.689. The van der Waals surface area contributed by atoms with E-state index in [2.05, 4.69) is 5.32 Å². The fraction of sp³-hybridized carbons (Fsp3) is 0.750. The first-order valence-corrected chi connectivity index (χ1v) is 5.99. The molecule has 1 saturated heterocycles. The van der Waals surface area contributed by atoms with Gasteiger partial charge in [-0.2, -0.15) is 0 Å². The molecule has 2 aliphatic rings. The summed E-state index contributed by atoms with van der Waals surface area (Å²) in [6, 6.07) is 0.211. The molecule has 0 unspecified atom stereocenters. The number of amides is 1. The lowest BCUT2D eigenvalue weighted by Gasteiger charge is -2.37. The maximum absolute atomic E-state index is 11.9. The van der Waals surface area contributed by atoms with E-state index in [0.29, 0.717) is 13.2 Å². The van der Waals surface area contributed by atoms with Gasteiger partial charge in [-0.3, -0.25) is 4.90 Å². The molecule has 5 nitrogen and oxygen atoms in total. The first-order valence-electron chi connectivity index (χ1n) is 5.99. The van der Waals surface area contributed by atoms with E-state index in [1.165, 1.54) is 0 Å². The van der Waals surface area contributed by atoms with Crippen molar-refractivity contribution in [2.75, 3.05) is 19.7 Å². The Kier molecular flexibility index (Phi) is 3.40. The average Bonchev–Trinajstić information content (AvgIpc) is 2.26. The zero-order chi connectivity index (χ0) is 12.5. The van der Waals surface area contributed by atoms with E-state index in [1.807, 2.05) is 26.8 Å². The van der Waals surface area contributed by atoms with Crippen LogP contribution in [0.5, 0.6) is 0 Å². The predicted octanol–water partition coefficient (Wildman–Crippen LogP) is 1.11. The molecule has 0 saturated carbocycles. The van der Waals surface area contributed by atoms with Gasteiger partial charge in [0.15, 0.2) is 0 Å². The second-order valence-corrected chi connectivity index (χ2v) is 5.36. The topological polar surface area (TPSA) is 50.8 Å². The average molecular weight is 240 g/mol. The normalized spacial score (nSPS) is 28.8. The Morgan fingerprint density at radius 1 is 1.53 bits per heavy atom. The molecule has 2 aliphatic heterocycles. The zero-order valence-corrected chi connectivity index (χ0v) is 10.6. The minimum Gasteiger partial charge on any atom is -0.443 e. The van der Waals surface area contributed by atoms with Crippen molar-refractivity contribution in [3.05, 3.63) is 12.3 Å². The largest absolute Gasteiger partial charge is 0.443 e. The Morgan fingerprint density at radius 3 is 3.00 bits per heavy atom. The molecule has 2 rings (SSSR count). The van der Waals surface area contributed by atoms with Crippen molar-refractivity contribution in [3.63, 3.8) is 0 Å². The van der Waals surface area contributed by atoms with E-state index in [4.69, 9.17) is 9.47 Å². The monoisotopic (exact) mass is 240 g/mol. The number of morpholine rings is 1. The highest BCUT2D eigenvalue weighted by Gasteiger charge is 2.32. The Morgan fingerprint density at radius 2 is 2.29 bits per heavy atom. The van der Waals surface area contributed by atoms with Crippen LogP contribution >= 0.6 is 0 Å². The maximum Gasteiger partial charge on any atom is 0.414 e. The van der Waals surface area contributed by atoms with Gasteiger partial charge in [0.05, 0.1) is 25.3 Å². The Hall–Kier alpha value is -1.07. The van der Waals surface area contributed by atoms with Crippen LogP contribution in [0.1, 0.15) is 20.8 Å². The molecule has 1 fully saturated rings. The number of ether oxygens (including phenoxy) is 2. The number of hydrogen-bond donors (Lipinski definition) is 1. The molecule has 96 valence electrons. The first-order chi connectivity index (χ1) is 7.96. The molecular formula is C12H20N2O3. The third kappa shape index (κ3) is 3.20. The van der Waals surface area contributed by atoms with E-state index in [1.54, 1.807) is 11.1 Å². The van der Waals surface area contributed by atoms with Crippen LogP contribution < -0.4 is 5.32 Å². The highest BCUT2D eigenvalue weighted by molar-refractivity contribution is 5.69. The highest BCUT2D eigenvalue weighted by Crippen LogP contribution is 2.17. The Bertz CT molecular complexity index is 322. The van der Waals surface area contributed by atoms with Crippen LogP contribution in [0.15, 0.2) is 12.3 Å². The SMILES string of the molecule is CC(C)(C)OC(=O)N1C=C[C@@H]2NCCO[C@@H]2C1. The number of fused-ring (bicyclic) bond motifs is 1. The fourth-order valence-electron chi connectivity index (χ4n) is 1.94. The third-order valence-corrected chi connectivity index (χ3v) is 2.69. The van der Waals surface area contributed by atoms with Crippen molar-refractivity contribution < 1.29 is 14.3 Å². The molecule has 5 heteroatoms. The molecule has 1 N–H and O–H groups in total. The van der Waals surface area contributed by atoms with Crippen LogP contribution in [0.4, 0.5) is 4.79 Å². The second kappa shape index (κ2) is 4.66. The fourth-order valence-corrected chi connectivity index (χ4v) is 1.94. The van der Waals surface area contributed by atoms with Crippen LogP contribution in [-0.2, 0) is 9.47 Å². The number of hydrogen-bond acceptors (Lipinski definition) is 4. The summed E-state index contributed by atoms with van der Waals surface area (Å²) in [5, 5.41) is 3.34. The molecule has 2 atom stereocenters. The smallest absolute Gasteiger partial charge is 0.414 e. The molecule has 0 radical (unpaired) electrons. The molecule has 0 aromatic carbocycles. The van der Waals surface area contributed by atoms with Gasteiger partial charge >= 0.3 is 6.09 Å². The van der Waals surface area contributed by atoms with Gasteiger partial charge in [0.1, 0.15) is 5.60 Å². The van der Waals surface area contributed by atoms with Gasteiger partial charge in [0.2, 0.25) is 0 Å². The number of carbonyl (C=O) groups is 1. The van der Waals surface area contributed by atoms with Gasteiger partial charge in [-0.1, -0.05) is 0 Å². The molecule has 2 heterocycles. The van der Waals surface area contributed by atoms with Gasteiger partial charge in [-0.15, -0.1) is 0 Å². The van der Waals surface area contributed by atoms with Gasteiger partial charge in [-0.25, -0.2) is 4.79 Å². The Labute approximate surface area is 102 Å². The van der Waals surface area contributed by atoms with Crippen LogP contribution in [-0.4, -0.2) is 48.4 Å². The minimum atomic E-state index is -0.465. The molecule has 0 bridgehead atoms. The summed E-state index contributed by atoms with van der Waals surface area (Å²) in [6.45, 7) is 7.68. The summed E-state index contributed by atoms with van der Waals surface area (Å²) < 4.78 is 10.9. The summed E-state index contributed by atoms with van der Waals surface area (Å²) >= 11 is 0. The summed E-state index contributed by atoms with van der Waals surface area (Å²) in [5.74, 6) is 0. The van der Waals surface area contributed by atoms with Crippen molar-refractivity contribution in [3.8, 4) is 0 Å². The van der Waals surface area contributed by atoms with Crippen LogP contribution in [0.25, 0.3) is 0 Å². The predicted molar refractivity (Wildman–Crippen MR) is 63.6 cm³/mol. The van der Waals surface area contributed by atoms with E-state index in [-0.39, 0.29) is 18.2 Å². The van der Waals surface area contributed by atoms with Crippen LogP contribution in [0.3, 0.4) is 0 Å². The van der Waals surface area contributed by atoms with E-state index in [9.17, 15) is 4.79 Å². The molecule has 0 spiro atoms. The molecule has 1 amide bonds. The van der Waals surface area contributed by atoms with Gasteiger partial charge in [0.25, 0.3) is 0 Å². The minimum absolute atomic E-state index is 0.0290. The van der Waals surface area contributed by atoms with Gasteiger partial charge < -0.3 is 14.8 Å². The Balaban J connectivity index is 1.97. The van der Waals surface area contributed by atoms with Gasteiger partial charge in [0, 0.05) is 12.7 Å². The van der Waals surface area contributed by atoms with E-state index < -0.39 is 5.60 Å². The van der Waals surface area contributed by atoms with Crippen molar-refractivity contribution in [1.29, 1.82) is 0 Å². The van der Waals surface area contributed by atoms with E-state index >= 15 is 0 Å². The van der Waals surface area contributed by atoms with Crippen molar-refractivity contribution in [2.45, 2.75) is 38.5 Å². The second-order valence-electron chi connectivity index (χ2n) is 5.36. The zero-order valence-electron chi connectivity index (χ0n) is 10.6. The number of nitrogens with zero attached hydrogens (tertiary/aromatic N) is 1. The van der Waals surface area contributed by atoms with Crippen LogP contribution in [0.2, 0.25) is 0 Å². The number of rotatable bonds is 0. The summed E-state index contributed by atoms with van der Waals surface area (Å²) in [6.07, 6.45) is 3.44. The highest BCUT2D eigenvalue weighted by atomic mass is 16.6. The lowest BCUT2D eigenvalue weighted by Crippen LogP contribution is -2.54. The van der Waals surface area contributed by atoms with E-state index in [0.717, 1.165) is 6.54 Å². The summed E-state index contributed by atoms with van der Waals surface area (Å²) in [7, 11) is 0. The summed E-state index contributed by atoms with van der Waals surface area (Å²) in [5.41, 5.74) is -0.465. The molecular weight excluding hydrogens is 220 g/mol. The number of carbonyl (C=O) groups excluding carboxylic acids is 1. The van der Waals surface area contributed by atoms with Gasteiger partial charge in [-0.05, 0) is 26.8 Å². The number of nitrogens with one attached hydrogen (secondary N) is 1. The van der Waals surface area contributed by atoms with Crippen molar-refractivity contribution in [1.82, 2.24) is 10.2 Å². The molecule has 0 aliphatic carbocycles. The molecule has 17 heavy (non-hydrogen) atoms. The lowest BCUT2D eigenvalue weighted by atomic mass is 10.1. The third-order valence-electron chi connectivity index (χ3n) is 2.69. The van der Waals surface area contributed by atoms with Crippen molar-refractivity contribution in [2.24, 2.45) is 0 Å². The van der Waals surface area contributed by atoms with Crippen molar-refractivity contribution >= 4 is 6.09 Å². The molecule has 0 aromatic heterocycles. The summed E-state index contributed by atoms with van der Waals surface area (Å²) in [4.78, 5) is 13.4. The maximum atomic E-state index is 11.9. The lowest BCUT2D eigenvalue weighted by molar-refractivity contribution is -0.0214. The standard InChI is InChI=1S/C12H20N2O3/c1-12(2,3)17-11(15)14-6-4-9-10(8-14)16-7-5-13-9/h4,6,9-10,13H,5,7-8H2,1-3H3/t9-,10+/m0/s1. The van der Waals surface area contributed by atoms with Crippen LogP contribution in [0, 0.1) is 0 Å².